The van der Waals surface area contributed by atoms with E-state index in [9.17, 15) is 18.0 Å². The third-order valence-corrected chi connectivity index (χ3v) is 4.35. The van der Waals surface area contributed by atoms with Gasteiger partial charge in [-0.3, -0.25) is 4.79 Å². The number of rotatable bonds is 4. The van der Waals surface area contributed by atoms with Gasteiger partial charge < -0.3 is 5.32 Å². The lowest BCUT2D eigenvalue weighted by Crippen LogP contribution is -2.16. The molecule has 0 radical (unpaired) electrons. The SMILES string of the molecule is CCc1cc(C#N)c(NC(=O)/C=C(/c2ccccc2)C(F)(F)F)s1. The molecule has 0 atom stereocenters. The van der Waals surface area contributed by atoms with Crippen LogP contribution in [0.1, 0.15) is 22.9 Å². The van der Waals surface area contributed by atoms with E-state index in [1.807, 2.05) is 13.0 Å². The predicted octanol–water partition coefficient (Wildman–Crippen LogP) is 4.77. The number of carbonyl (C=O) groups excluding carboxylic acids is 1. The van der Waals surface area contributed by atoms with Crippen LogP contribution in [-0.2, 0) is 11.2 Å². The molecule has 1 aromatic carbocycles. The number of amides is 1. The molecule has 0 bridgehead atoms. The van der Waals surface area contributed by atoms with Gasteiger partial charge in [-0.2, -0.15) is 18.4 Å². The first kappa shape index (κ1) is 17.8. The van der Waals surface area contributed by atoms with Crippen molar-refractivity contribution in [2.45, 2.75) is 19.5 Å². The molecular weight excluding hydrogens is 337 g/mol. The van der Waals surface area contributed by atoms with Gasteiger partial charge in [-0.15, -0.1) is 11.3 Å². The van der Waals surface area contributed by atoms with Crippen LogP contribution in [0.5, 0.6) is 0 Å². The Morgan fingerprint density at radius 2 is 2.00 bits per heavy atom. The van der Waals surface area contributed by atoms with E-state index in [4.69, 9.17) is 5.26 Å². The van der Waals surface area contributed by atoms with Crippen molar-refractivity contribution in [3.8, 4) is 6.07 Å². The van der Waals surface area contributed by atoms with Crippen LogP contribution < -0.4 is 5.32 Å². The summed E-state index contributed by atoms with van der Waals surface area (Å²) in [6.07, 6.45) is -3.48. The van der Waals surface area contributed by atoms with E-state index in [2.05, 4.69) is 5.32 Å². The summed E-state index contributed by atoms with van der Waals surface area (Å²) in [4.78, 5) is 12.9. The van der Waals surface area contributed by atoms with Crippen molar-refractivity contribution in [3.05, 3.63) is 58.5 Å². The second kappa shape index (κ2) is 7.32. The maximum absolute atomic E-state index is 13.2. The first-order chi connectivity index (χ1) is 11.3. The largest absolute Gasteiger partial charge is 0.417 e. The number of nitriles is 1. The summed E-state index contributed by atoms with van der Waals surface area (Å²) in [7, 11) is 0. The summed E-state index contributed by atoms with van der Waals surface area (Å²) < 4.78 is 39.6. The number of nitrogens with one attached hydrogen (secondary N) is 1. The van der Waals surface area contributed by atoms with Crippen molar-refractivity contribution < 1.29 is 18.0 Å². The minimum absolute atomic E-state index is 0.0962. The molecule has 1 heterocycles. The number of hydrogen-bond acceptors (Lipinski definition) is 3. The summed E-state index contributed by atoms with van der Waals surface area (Å²) in [5.74, 6) is -0.924. The topological polar surface area (TPSA) is 52.9 Å². The van der Waals surface area contributed by atoms with Crippen LogP contribution in [0.4, 0.5) is 18.2 Å². The Morgan fingerprint density at radius 3 is 2.54 bits per heavy atom. The lowest BCUT2D eigenvalue weighted by Gasteiger charge is -2.12. The van der Waals surface area contributed by atoms with Crippen LogP contribution in [-0.4, -0.2) is 12.1 Å². The zero-order chi connectivity index (χ0) is 17.7. The van der Waals surface area contributed by atoms with E-state index >= 15 is 0 Å². The summed E-state index contributed by atoms with van der Waals surface area (Å²) in [6.45, 7) is 1.88. The van der Waals surface area contributed by atoms with Gasteiger partial charge in [0.25, 0.3) is 0 Å². The van der Waals surface area contributed by atoms with Crippen LogP contribution in [0.3, 0.4) is 0 Å². The predicted molar refractivity (Wildman–Crippen MR) is 87.5 cm³/mol. The van der Waals surface area contributed by atoms with Gasteiger partial charge in [0.05, 0.1) is 11.1 Å². The first-order valence-corrected chi connectivity index (χ1v) is 7.85. The number of carbonyl (C=O) groups is 1. The molecule has 124 valence electrons. The van der Waals surface area contributed by atoms with Crippen LogP contribution in [0.15, 0.2) is 42.5 Å². The van der Waals surface area contributed by atoms with E-state index in [-0.39, 0.29) is 16.1 Å². The van der Waals surface area contributed by atoms with E-state index in [1.54, 1.807) is 12.1 Å². The van der Waals surface area contributed by atoms with Crippen molar-refractivity contribution in [3.63, 3.8) is 0 Å². The van der Waals surface area contributed by atoms with Crippen molar-refractivity contribution in [2.75, 3.05) is 5.32 Å². The molecule has 0 unspecified atom stereocenters. The molecule has 0 saturated carbocycles. The van der Waals surface area contributed by atoms with Gasteiger partial charge in [-0.1, -0.05) is 37.3 Å². The van der Waals surface area contributed by atoms with E-state index < -0.39 is 17.7 Å². The molecular formula is C17H13F3N2OS. The van der Waals surface area contributed by atoms with Crippen molar-refractivity contribution in [2.24, 2.45) is 0 Å². The molecule has 0 aliphatic heterocycles. The maximum Gasteiger partial charge on any atom is 0.417 e. The van der Waals surface area contributed by atoms with Crippen LogP contribution in [0.2, 0.25) is 0 Å². The summed E-state index contributed by atoms with van der Waals surface area (Å²) in [6, 6.07) is 10.6. The number of alkyl halides is 3. The molecule has 1 aromatic heterocycles. The molecule has 0 saturated heterocycles. The number of aryl methyl sites for hydroxylation is 1. The Morgan fingerprint density at radius 1 is 1.33 bits per heavy atom. The number of hydrogen-bond donors (Lipinski definition) is 1. The molecule has 0 aliphatic rings. The molecule has 0 fully saturated rings. The molecule has 1 N–H and O–H groups in total. The molecule has 0 aliphatic carbocycles. The average Bonchev–Trinajstić information content (AvgIpc) is 2.94. The normalized spacial score (nSPS) is 11.9. The third-order valence-electron chi connectivity index (χ3n) is 3.15. The van der Waals surface area contributed by atoms with Crippen molar-refractivity contribution in [1.29, 1.82) is 5.26 Å². The first-order valence-electron chi connectivity index (χ1n) is 7.03. The molecule has 1 amide bonds. The zero-order valence-electron chi connectivity index (χ0n) is 12.6. The van der Waals surface area contributed by atoms with Crippen LogP contribution >= 0.6 is 11.3 Å². The number of nitrogens with zero attached hydrogens (tertiary/aromatic N) is 1. The summed E-state index contributed by atoms with van der Waals surface area (Å²) >= 11 is 1.18. The van der Waals surface area contributed by atoms with Crippen LogP contribution in [0.25, 0.3) is 5.57 Å². The molecule has 0 spiro atoms. The fourth-order valence-corrected chi connectivity index (χ4v) is 2.97. The van der Waals surface area contributed by atoms with Gasteiger partial charge >= 0.3 is 6.18 Å². The average molecular weight is 350 g/mol. The Hall–Kier alpha value is -2.59. The minimum Gasteiger partial charge on any atom is -0.313 e. The van der Waals surface area contributed by atoms with Gasteiger partial charge in [0.15, 0.2) is 0 Å². The van der Waals surface area contributed by atoms with E-state index in [0.717, 1.165) is 4.88 Å². The summed E-state index contributed by atoms with van der Waals surface area (Å²) in [5, 5.41) is 11.7. The quantitative estimate of drug-likeness (QED) is 0.808. The lowest BCUT2D eigenvalue weighted by molar-refractivity contribution is -0.112. The Bertz CT molecular complexity index is 801. The highest BCUT2D eigenvalue weighted by atomic mass is 32.1. The zero-order valence-corrected chi connectivity index (χ0v) is 13.5. The third kappa shape index (κ3) is 4.24. The Kier molecular flexibility index (Phi) is 5.42. The van der Waals surface area contributed by atoms with Gasteiger partial charge in [0.1, 0.15) is 11.1 Å². The second-order valence-electron chi connectivity index (χ2n) is 4.83. The minimum atomic E-state index is -4.67. The van der Waals surface area contributed by atoms with Gasteiger partial charge in [-0.05, 0) is 18.1 Å². The number of thiophene rings is 1. The molecule has 2 rings (SSSR count). The molecule has 3 nitrogen and oxygen atoms in total. The number of benzene rings is 1. The van der Waals surface area contributed by atoms with Gasteiger partial charge in [-0.25, -0.2) is 0 Å². The number of allylic oxidation sites excluding steroid dienone is 1. The van der Waals surface area contributed by atoms with E-state index in [1.165, 1.54) is 35.6 Å². The fraction of sp³-hybridized carbons (Fsp3) is 0.176. The van der Waals surface area contributed by atoms with Crippen molar-refractivity contribution >= 4 is 27.8 Å². The van der Waals surface area contributed by atoms with Gasteiger partial charge in [0, 0.05) is 11.0 Å². The smallest absolute Gasteiger partial charge is 0.313 e. The maximum atomic E-state index is 13.2. The number of anilines is 1. The highest BCUT2D eigenvalue weighted by Gasteiger charge is 2.35. The van der Waals surface area contributed by atoms with E-state index in [0.29, 0.717) is 12.5 Å². The fourth-order valence-electron chi connectivity index (χ4n) is 2.02. The van der Waals surface area contributed by atoms with Crippen LogP contribution in [0, 0.1) is 11.3 Å². The molecule has 24 heavy (non-hydrogen) atoms. The molecule has 2 aromatic rings. The second-order valence-corrected chi connectivity index (χ2v) is 5.97. The van der Waals surface area contributed by atoms with Crippen molar-refractivity contribution in [1.82, 2.24) is 0 Å². The lowest BCUT2D eigenvalue weighted by atomic mass is 10.1. The number of halogens is 3. The molecule has 7 heteroatoms. The highest BCUT2D eigenvalue weighted by Crippen LogP contribution is 2.34. The monoisotopic (exact) mass is 350 g/mol. The summed E-state index contributed by atoms with van der Waals surface area (Å²) in [5.41, 5.74) is -0.890. The standard InChI is InChI=1S/C17H13F3N2OS/c1-2-13-8-12(10-21)16(24-13)22-15(23)9-14(17(18,19)20)11-6-4-3-5-7-11/h3-9H,2H2,1H3,(H,22,23)/b14-9-. The Balaban J connectivity index is 2.32. The van der Waals surface area contributed by atoms with Gasteiger partial charge in [0.2, 0.25) is 5.91 Å². The Labute approximate surface area is 141 Å². The highest BCUT2D eigenvalue weighted by molar-refractivity contribution is 7.16.